The van der Waals surface area contributed by atoms with Gasteiger partial charge in [-0.05, 0) is 371 Å². The van der Waals surface area contributed by atoms with E-state index in [-0.39, 0.29) is 212 Å². The zero-order chi connectivity index (χ0) is 54.9. The predicted octanol–water partition coefficient (Wildman–Crippen LogP) is -3.13. The van der Waals surface area contributed by atoms with Crippen molar-refractivity contribution in [3.05, 3.63) is 369 Å². The average molecular weight is 1880 g/mol. The van der Waals surface area contributed by atoms with E-state index in [1.807, 2.05) is 193 Å². The van der Waals surface area contributed by atoms with Crippen LogP contribution in [0.15, 0.2) is 109 Å². The minimum atomic E-state index is 0. The van der Waals surface area contributed by atoms with Crippen LogP contribution in [-0.2, 0) is 155 Å². The summed E-state index contributed by atoms with van der Waals surface area (Å²) in [6.07, 6.45) is 64.6. The van der Waals surface area contributed by atoms with Gasteiger partial charge < -0.3 is 103 Å². The van der Waals surface area contributed by atoms with Gasteiger partial charge in [-0.3, -0.25) is 0 Å². The molecule has 0 aromatic heterocycles. The van der Waals surface area contributed by atoms with Crippen molar-refractivity contribution < 1.29 is 220 Å². The van der Waals surface area contributed by atoms with Crippen molar-refractivity contribution in [3.63, 3.8) is 0 Å². The zero-order valence-corrected chi connectivity index (χ0v) is 64.9. The molecule has 20 aliphatic rings. The van der Waals surface area contributed by atoms with Crippen molar-refractivity contribution in [2.45, 2.75) is 38.5 Å². The summed E-state index contributed by atoms with van der Waals surface area (Å²) in [5.41, 5.74) is 14.8. The molecule has 8 aliphatic carbocycles. The van der Waals surface area contributed by atoms with E-state index in [1.165, 1.54) is 66.8 Å². The van der Waals surface area contributed by atoms with E-state index in [2.05, 4.69) is 109 Å². The molecule has 0 unspecified atom stereocenters. The second-order valence-corrected chi connectivity index (χ2v) is 19.6. The molecule has 0 amide bonds. The maximum Gasteiger partial charge on any atom is 2.00 e. The van der Waals surface area contributed by atoms with Gasteiger partial charge in [0.25, 0.3) is 0 Å². The van der Waals surface area contributed by atoms with Crippen LogP contribution in [0.5, 0.6) is 34.5 Å². The van der Waals surface area contributed by atoms with Crippen molar-refractivity contribution in [2.24, 2.45) is 0 Å². The molecule has 0 atom stereocenters. The van der Waals surface area contributed by atoms with Crippen LogP contribution in [-0.4, -0.2) is 20.4 Å². The third-order valence-electron chi connectivity index (χ3n) is 14.0. The molecule has 6 aromatic rings. The molecule has 0 saturated heterocycles. The van der Waals surface area contributed by atoms with E-state index in [1.54, 1.807) is 0 Å². The Morgan fingerprint density at radius 3 is 0.366 bits per heavy atom. The summed E-state index contributed by atoms with van der Waals surface area (Å²) < 4.78 is 37.6. The largest absolute Gasteiger partial charge is 2.00 e. The van der Waals surface area contributed by atoms with Gasteiger partial charge in [0.2, 0.25) is 20.4 Å². The second-order valence-electron chi connectivity index (χ2n) is 19.6. The molecule has 0 spiro atoms. The number of hydrogen-bond acceptors (Lipinski definition) is 6. The Bertz CT molecular complexity index is 2360. The SMILES string of the molecule is [CH]1[CH][CH][CH][CH]1.[CH]1[CH][CH][CH][CH]1.[CH]1[CH][CH][CH][CH]1.[CH]1[CH][CH][CH][CH]1.[CH]1[CH][CH][CH][CH]1.[CH]1[CH][CH][CH][CH]1.[Cl-].[Cl-].[Cl-].[Cl-].[Cl-].[Cl-].[Ru+2].[Ru+2].[Ru+2].[Ru+2].[Ru+2].[Ru+2].c1cc2c3cc1OCOc1ccc4c(c1)Cc1ccc5cc1Cc1ccc(cc1C4)OCOc1ccc(c(c1)Cc1ccc(cc1C2)OCO5)C3. The monoisotopic (exact) mass is 1880 g/mol. The van der Waals surface area contributed by atoms with Crippen LogP contribution < -0.4 is 103 Å². The number of benzene rings is 6. The topological polar surface area (TPSA) is 55.4 Å². The standard InChI is InChI=1S/C45H36O6.6C5H5.6ClH.6Ru/c1-7-40-19-34-14-29-2-8-43-21-36(29)15-30-3-9-41(20-35(30)13-28(1)34)48-26-49-44-11-5-32-16-37-22-42(47-25-46-40)10-4-31(37)17-38-24-45(51-27-50-43)12-6-33(38)18-39(32)23-44;6*1-2-4-5-3-1;;;;;;;;;;;;/h1-12,19-24H,13-18,25-27H2;6*1-5H;6*1H;;;;;;/q;;;;;;;;;;;;;6*+2/p-6. The summed E-state index contributed by atoms with van der Waals surface area (Å²) in [6, 6.07) is 38.4. The summed E-state index contributed by atoms with van der Waals surface area (Å²) in [6.45, 7) is 0.331. The van der Waals surface area contributed by atoms with E-state index in [4.69, 9.17) is 28.4 Å². The van der Waals surface area contributed by atoms with Gasteiger partial charge in [0, 0.05) is 0 Å². The number of ether oxygens (including phenoxy) is 6. The molecule has 6 fully saturated rings. The predicted molar refractivity (Wildman–Crippen MR) is 323 cm³/mol. The van der Waals surface area contributed by atoms with Crippen LogP contribution in [0.1, 0.15) is 66.8 Å². The molecule has 93 heavy (non-hydrogen) atoms. The second kappa shape index (κ2) is 55.3. The van der Waals surface area contributed by atoms with Gasteiger partial charge >= 0.3 is 117 Å². The summed E-state index contributed by atoms with van der Waals surface area (Å²) in [5.74, 6) is 4.70. The van der Waals surface area contributed by atoms with Crippen LogP contribution in [0.2, 0.25) is 0 Å². The van der Waals surface area contributed by atoms with E-state index >= 15 is 0 Å². The third-order valence-corrected chi connectivity index (χ3v) is 14.0. The molecular formula is C75H66Cl6O6Ru6+6. The Balaban J connectivity index is -0.00000159. The zero-order valence-electron chi connectivity index (χ0n) is 49.9. The Hall–Kier alpha value is -0.400. The smallest absolute Gasteiger partial charge is 1.00 e. The van der Waals surface area contributed by atoms with E-state index in [0.717, 1.165) is 73.0 Å². The van der Waals surface area contributed by atoms with E-state index < -0.39 is 0 Å². The van der Waals surface area contributed by atoms with Gasteiger partial charge in [-0.15, -0.1) is 0 Å². The van der Waals surface area contributed by atoms with Crippen molar-refractivity contribution in [2.75, 3.05) is 20.4 Å². The molecule has 6 saturated carbocycles. The van der Waals surface area contributed by atoms with Crippen LogP contribution in [0.4, 0.5) is 0 Å². The van der Waals surface area contributed by atoms with Crippen molar-refractivity contribution in [3.8, 4) is 34.5 Å². The Labute approximate surface area is 674 Å². The fraction of sp³-hybridized carbons (Fsp3) is 0.120. The van der Waals surface area contributed by atoms with Gasteiger partial charge in [-0.25, -0.2) is 0 Å². The molecule has 12 heterocycles. The molecule has 18 heteroatoms. The molecule has 12 aliphatic heterocycles. The Morgan fingerprint density at radius 2 is 0.258 bits per heavy atom. The quantitative estimate of drug-likeness (QED) is 0.150. The first-order valence-corrected chi connectivity index (χ1v) is 27.6. The first-order valence-electron chi connectivity index (χ1n) is 27.6. The average Bonchev–Trinajstić information content (AvgIpc) is 1.72. The molecule has 26 rings (SSSR count). The van der Waals surface area contributed by atoms with Crippen molar-refractivity contribution >= 4 is 0 Å². The van der Waals surface area contributed by atoms with Crippen molar-refractivity contribution in [1.29, 1.82) is 0 Å². The normalized spacial score (nSPS) is 16.1. The Kier molecular flexibility index (Phi) is 57.6. The molecule has 6 aromatic carbocycles. The Morgan fingerprint density at radius 1 is 0.151 bits per heavy atom. The first kappa shape index (κ1) is 96.8. The minimum absolute atomic E-state index is 0. The van der Waals surface area contributed by atoms with Gasteiger partial charge in [0.1, 0.15) is 34.5 Å². The van der Waals surface area contributed by atoms with Crippen LogP contribution in [0, 0.1) is 193 Å². The number of rotatable bonds is 0. The third kappa shape index (κ3) is 32.9. The van der Waals surface area contributed by atoms with Gasteiger partial charge in [-0.2, -0.15) is 0 Å². The number of halogens is 6. The molecule has 6 nitrogen and oxygen atoms in total. The maximum absolute atomic E-state index is 6.27. The minimum Gasteiger partial charge on any atom is -1.00 e. The van der Waals surface area contributed by atoms with Gasteiger partial charge in [0.15, 0.2) is 0 Å². The summed E-state index contributed by atoms with van der Waals surface area (Å²) in [7, 11) is 0. The molecule has 486 valence electrons. The van der Waals surface area contributed by atoms with E-state index in [9.17, 15) is 0 Å². The van der Waals surface area contributed by atoms with Crippen molar-refractivity contribution in [1.82, 2.24) is 0 Å². The van der Waals surface area contributed by atoms with Gasteiger partial charge in [0.05, 0.1) is 0 Å². The fourth-order valence-corrected chi connectivity index (χ4v) is 9.83. The molecular weight excluding hydrogens is 1820 g/mol. The van der Waals surface area contributed by atoms with Crippen LogP contribution >= 0.6 is 0 Å². The molecule has 0 N–H and O–H groups in total. The first-order chi connectivity index (χ1) is 40.1. The number of hydrogen-bond donors (Lipinski definition) is 0. The van der Waals surface area contributed by atoms with Gasteiger partial charge in [-0.1, -0.05) is 36.4 Å². The van der Waals surface area contributed by atoms with Crippen LogP contribution in [0.25, 0.3) is 0 Å². The summed E-state index contributed by atoms with van der Waals surface area (Å²) >= 11 is 0. The molecule has 30 radical (unpaired) electrons. The molecule has 18 bridgehead atoms. The van der Waals surface area contributed by atoms with Crippen LogP contribution in [0.3, 0.4) is 0 Å². The summed E-state index contributed by atoms with van der Waals surface area (Å²) in [5, 5.41) is 0. The van der Waals surface area contributed by atoms with E-state index in [0.29, 0.717) is 0 Å². The fourth-order valence-electron chi connectivity index (χ4n) is 9.83. The summed E-state index contributed by atoms with van der Waals surface area (Å²) in [4.78, 5) is 0. The maximum atomic E-state index is 6.27.